The van der Waals surface area contributed by atoms with Crippen LogP contribution in [0.2, 0.25) is 0 Å². The molecule has 1 aliphatic carbocycles. The van der Waals surface area contributed by atoms with Crippen LogP contribution in [0.25, 0.3) is 0 Å². The molecule has 0 N–H and O–H groups in total. The van der Waals surface area contributed by atoms with Gasteiger partial charge < -0.3 is 4.74 Å². The van der Waals surface area contributed by atoms with Crippen LogP contribution < -0.4 is 4.74 Å². The molecule has 1 aromatic carbocycles. The molecule has 1 aromatic rings. The van der Waals surface area contributed by atoms with Gasteiger partial charge in [0.05, 0.1) is 7.11 Å². The van der Waals surface area contributed by atoms with Crippen LogP contribution in [0.3, 0.4) is 0 Å². The second-order valence-corrected chi connectivity index (χ2v) is 4.59. The summed E-state index contributed by atoms with van der Waals surface area (Å²) in [7, 11) is 1.62. The Bertz CT molecular complexity index is 401. The van der Waals surface area contributed by atoms with E-state index in [4.69, 9.17) is 4.74 Å². The predicted octanol–water partition coefficient (Wildman–Crippen LogP) is 3.48. The molecule has 0 aliphatic heterocycles. The lowest BCUT2D eigenvalue weighted by atomic mass is 9.94. The Morgan fingerprint density at radius 3 is 2.59 bits per heavy atom. The van der Waals surface area contributed by atoms with Crippen molar-refractivity contribution < 1.29 is 9.53 Å². The third kappa shape index (κ3) is 2.96. The fourth-order valence-corrected chi connectivity index (χ4v) is 2.08. The molecule has 0 radical (unpaired) electrons. The van der Waals surface area contributed by atoms with Crippen molar-refractivity contribution in [2.24, 2.45) is 11.8 Å². The summed E-state index contributed by atoms with van der Waals surface area (Å²) in [5.74, 6) is 2.02. The van der Waals surface area contributed by atoms with Gasteiger partial charge in [-0.2, -0.15) is 0 Å². The zero-order valence-corrected chi connectivity index (χ0v) is 10.2. The van der Waals surface area contributed by atoms with Crippen molar-refractivity contribution >= 4 is 5.78 Å². The average Bonchev–Trinajstić information content (AvgIpc) is 3.20. The van der Waals surface area contributed by atoms with E-state index in [2.05, 4.69) is 6.58 Å². The third-order valence-electron chi connectivity index (χ3n) is 3.36. The number of Topliss-reactive ketones (excluding diaryl/α,β-unsaturated/α-hetero) is 1. The lowest BCUT2D eigenvalue weighted by Gasteiger charge is -2.10. The van der Waals surface area contributed by atoms with Gasteiger partial charge in [-0.25, -0.2) is 0 Å². The van der Waals surface area contributed by atoms with E-state index in [1.807, 2.05) is 30.3 Å². The van der Waals surface area contributed by atoms with Crippen molar-refractivity contribution in [1.29, 1.82) is 0 Å². The number of ether oxygens (including phenoxy) is 1. The van der Waals surface area contributed by atoms with Crippen molar-refractivity contribution in [2.45, 2.75) is 19.3 Å². The monoisotopic (exact) mass is 230 g/mol. The molecule has 1 saturated carbocycles. The summed E-state index contributed by atoms with van der Waals surface area (Å²) in [4.78, 5) is 12.1. The van der Waals surface area contributed by atoms with Gasteiger partial charge in [-0.05, 0) is 48.9 Å². The molecule has 0 unspecified atom stereocenters. The SMILES string of the molecule is C=C[C@H](CC(=O)c1ccc(OC)cc1)C1CC1. The molecule has 0 heterocycles. The van der Waals surface area contributed by atoms with E-state index in [9.17, 15) is 4.79 Å². The van der Waals surface area contributed by atoms with Crippen LogP contribution >= 0.6 is 0 Å². The number of allylic oxidation sites excluding steroid dienone is 1. The van der Waals surface area contributed by atoms with Crippen molar-refractivity contribution in [2.75, 3.05) is 7.11 Å². The van der Waals surface area contributed by atoms with Crippen LogP contribution in [0.1, 0.15) is 29.6 Å². The normalized spacial score (nSPS) is 16.3. The van der Waals surface area contributed by atoms with Crippen LogP contribution in [0, 0.1) is 11.8 Å². The van der Waals surface area contributed by atoms with Gasteiger partial charge in [0.2, 0.25) is 0 Å². The standard InChI is InChI=1S/C15H18O2/c1-3-11(12-4-5-12)10-15(16)13-6-8-14(17-2)9-7-13/h3,6-9,11-12H,1,4-5,10H2,2H3/t11-/m1/s1. The molecule has 0 spiro atoms. The Morgan fingerprint density at radius 1 is 1.47 bits per heavy atom. The Morgan fingerprint density at radius 2 is 2.12 bits per heavy atom. The smallest absolute Gasteiger partial charge is 0.163 e. The Balaban J connectivity index is 2.00. The first-order valence-electron chi connectivity index (χ1n) is 6.04. The molecule has 90 valence electrons. The molecule has 2 nitrogen and oxygen atoms in total. The molecule has 17 heavy (non-hydrogen) atoms. The lowest BCUT2D eigenvalue weighted by Crippen LogP contribution is -2.08. The molecular formula is C15H18O2. The highest BCUT2D eigenvalue weighted by Crippen LogP contribution is 2.39. The maximum absolute atomic E-state index is 12.1. The summed E-state index contributed by atoms with van der Waals surface area (Å²) in [5, 5.41) is 0. The molecule has 0 aromatic heterocycles. The minimum atomic E-state index is 0.199. The van der Waals surface area contributed by atoms with E-state index in [-0.39, 0.29) is 5.78 Å². The number of benzene rings is 1. The molecule has 2 heteroatoms. The van der Waals surface area contributed by atoms with E-state index in [0.29, 0.717) is 18.3 Å². The zero-order chi connectivity index (χ0) is 12.3. The predicted molar refractivity (Wildman–Crippen MR) is 68.4 cm³/mol. The van der Waals surface area contributed by atoms with Gasteiger partial charge in [0.15, 0.2) is 5.78 Å². The van der Waals surface area contributed by atoms with Crippen LogP contribution in [0.5, 0.6) is 5.75 Å². The van der Waals surface area contributed by atoms with Gasteiger partial charge in [-0.1, -0.05) is 6.08 Å². The number of hydrogen-bond donors (Lipinski definition) is 0. The van der Waals surface area contributed by atoms with E-state index in [1.54, 1.807) is 7.11 Å². The Labute approximate surface area is 102 Å². The maximum atomic E-state index is 12.1. The molecule has 0 saturated heterocycles. The minimum Gasteiger partial charge on any atom is -0.497 e. The second-order valence-electron chi connectivity index (χ2n) is 4.59. The first-order valence-corrected chi connectivity index (χ1v) is 6.04. The number of carbonyl (C=O) groups is 1. The average molecular weight is 230 g/mol. The second kappa shape index (κ2) is 5.17. The number of hydrogen-bond acceptors (Lipinski definition) is 2. The Kier molecular flexibility index (Phi) is 3.62. The van der Waals surface area contributed by atoms with Gasteiger partial charge >= 0.3 is 0 Å². The third-order valence-corrected chi connectivity index (χ3v) is 3.36. The van der Waals surface area contributed by atoms with E-state index >= 15 is 0 Å². The highest BCUT2D eigenvalue weighted by atomic mass is 16.5. The summed E-state index contributed by atoms with van der Waals surface area (Å²) >= 11 is 0. The highest BCUT2D eigenvalue weighted by molar-refractivity contribution is 5.96. The topological polar surface area (TPSA) is 26.3 Å². The summed E-state index contributed by atoms with van der Waals surface area (Å²) in [6, 6.07) is 7.31. The summed E-state index contributed by atoms with van der Waals surface area (Å²) < 4.78 is 5.07. The fourth-order valence-electron chi connectivity index (χ4n) is 2.08. The van der Waals surface area contributed by atoms with Crippen molar-refractivity contribution in [3.05, 3.63) is 42.5 Å². The molecule has 1 aliphatic rings. The van der Waals surface area contributed by atoms with Gasteiger partial charge in [-0.3, -0.25) is 4.79 Å². The van der Waals surface area contributed by atoms with E-state index in [0.717, 1.165) is 11.3 Å². The number of carbonyl (C=O) groups excluding carboxylic acids is 1. The van der Waals surface area contributed by atoms with Crippen LogP contribution in [-0.4, -0.2) is 12.9 Å². The van der Waals surface area contributed by atoms with Gasteiger partial charge in [0, 0.05) is 12.0 Å². The van der Waals surface area contributed by atoms with Gasteiger partial charge in [-0.15, -0.1) is 6.58 Å². The van der Waals surface area contributed by atoms with Crippen molar-refractivity contribution in [1.82, 2.24) is 0 Å². The van der Waals surface area contributed by atoms with E-state index < -0.39 is 0 Å². The Hall–Kier alpha value is -1.57. The highest BCUT2D eigenvalue weighted by Gasteiger charge is 2.30. The molecular weight excluding hydrogens is 212 g/mol. The minimum absolute atomic E-state index is 0.199. The number of ketones is 1. The zero-order valence-electron chi connectivity index (χ0n) is 10.2. The van der Waals surface area contributed by atoms with Crippen LogP contribution in [0.4, 0.5) is 0 Å². The molecule has 1 atom stereocenters. The van der Waals surface area contributed by atoms with Gasteiger partial charge in [0.1, 0.15) is 5.75 Å². The first kappa shape index (κ1) is 11.9. The first-order chi connectivity index (χ1) is 8.24. The number of rotatable bonds is 6. The van der Waals surface area contributed by atoms with Crippen molar-refractivity contribution in [3.63, 3.8) is 0 Å². The van der Waals surface area contributed by atoms with Gasteiger partial charge in [0.25, 0.3) is 0 Å². The molecule has 0 amide bonds. The summed E-state index contributed by atoms with van der Waals surface area (Å²) in [6.45, 7) is 3.82. The van der Waals surface area contributed by atoms with E-state index in [1.165, 1.54) is 12.8 Å². The van der Waals surface area contributed by atoms with Crippen molar-refractivity contribution in [3.8, 4) is 5.75 Å². The lowest BCUT2D eigenvalue weighted by molar-refractivity contribution is 0.0965. The van der Waals surface area contributed by atoms with Crippen LogP contribution in [0.15, 0.2) is 36.9 Å². The quantitative estimate of drug-likeness (QED) is 0.552. The van der Waals surface area contributed by atoms with Crippen LogP contribution in [-0.2, 0) is 0 Å². The maximum Gasteiger partial charge on any atom is 0.163 e. The number of methoxy groups -OCH3 is 1. The largest absolute Gasteiger partial charge is 0.497 e. The molecule has 2 rings (SSSR count). The summed E-state index contributed by atoms with van der Waals surface area (Å²) in [6.07, 6.45) is 5.00. The molecule has 0 bridgehead atoms. The summed E-state index contributed by atoms with van der Waals surface area (Å²) in [5.41, 5.74) is 0.762. The fraction of sp³-hybridized carbons (Fsp3) is 0.400. The molecule has 1 fully saturated rings.